The van der Waals surface area contributed by atoms with E-state index in [1.807, 2.05) is 0 Å². The zero-order valence-corrected chi connectivity index (χ0v) is 13.5. The molecule has 2 saturated heterocycles. The molecule has 23 heavy (non-hydrogen) atoms. The average Bonchev–Trinajstić information content (AvgIpc) is 3.09. The Morgan fingerprint density at radius 3 is 2.48 bits per heavy atom. The van der Waals surface area contributed by atoms with Crippen molar-refractivity contribution in [1.82, 2.24) is 20.0 Å². The normalized spacial score (nSPS) is 20.7. The molecule has 0 bridgehead atoms. The molecule has 1 N–H and O–H groups in total. The van der Waals surface area contributed by atoms with Crippen molar-refractivity contribution in [3.8, 4) is 0 Å². The van der Waals surface area contributed by atoms with E-state index in [4.69, 9.17) is 11.6 Å². The fraction of sp³-hybridized carbons (Fsp3) is 0.714. The van der Waals surface area contributed by atoms with Crippen molar-refractivity contribution in [2.24, 2.45) is 7.05 Å². The number of hydrogen-bond donors (Lipinski definition) is 1. The lowest BCUT2D eigenvalue weighted by molar-refractivity contribution is -0.141. The Morgan fingerprint density at radius 1 is 1.35 bits per heavy atom. The smallest absolute Gasteiger partial charge is 0.349 e. The molecule has 1 aromatic rings. The molecule has 9 heteroatoms. The molecule has 2 aliphatic rings. The molecule has 3 rings (SSSR count). The van der Waals surface area contributed by atoms with Gasteiger partial charge in [0.15, 0.2) is 5.69 Å². The van der Waals surface area contributed by atoms with Crippen LogP contribution in [-0.4, -0.2) is 39.2 Å². The Labute approximate surface area is 136 Å². The second kappa shape index (κ2) is 5.66. The molecule has 0 aliphatic carbocycles. The molecular formula is C14H18ClF3N4O. The van der Waals surface area contributed by atoms with Gasteiger partial charge < -0.3 is 5.32 Å². The van der Waals surface area contributed by atoms with E-state index >= 15 is 0 Å². The fourth-order valence-electron chi connectivity index (χ4n) is 3.71. The highest BCUT2D eigenvalue weighted by atomic mass is 35.5. The van der Waals surface area contributed by atoms with Gasteiger partial charge in [-0.25, -0.2) is 0 Å². The van der Waals surface area contributed by atoms with Gasteiger partial charge in [0.2, 0.25) is 5.91 Å². The van der Waals surface area contributed by atoms with Gasteiger partial charge in [-0.3, -0.25) is 14.4 Å². The zero-order chi connectivity index (χ0) is 16.8. The highest BCUT2D eigenvalue weighted by Crippen LogP contribution is 2.39. The first kappa shape index (κ1) is 16.6. The zero-order valence-electron chi connectivity index (χ0n) is 12.7. The van der Waals surface area contributed by atoms with E-state index in [0.717, 1.165) is 43.5 Å². The molecule has 1 aromatic heterocycles. The van der Waals surface area contributed by atoms with Gasteiger partial charge in [0.1, 0.15) is 5.54 Å². The summed E-state index contributed by atoms with van der Waals surface area (Å²) in [7, 11) is 1.39. The molecule has 0 spiro atoms. The second-order valence-electron chi connectivity index (χ2n) is 6.14. The summed E-state index contributed by atoms with van der Waals surface area (Å²) in [5.41, 5.74) is -1.45. The van der Waals surface area contributed by atoms with Gasteiger partial charge in [-0.2, -0.15) is 18.3 Å². The van der Waals surface area contributed by atoms with Crippen LogP contribution in [0.2, 0.25) is 5.02 Å². The van der Waals surface area contributed by atoms with E-state index in [9.17, 15) is 18.0 Å². The number of fused-ring (bicyclic) bond motifs is 1. The Bertz CT molecular complexity index is 618. The fourth-order valence-corrected chi connectivity index (χ4v) is 4.05. The lowest BCUT2D eigenvalue weighted by Gasteiger charge is -2.30. The summed E-state index contributed by atoms with van der Waals surface area (Å²) >= 11 is 5.80. The minimum absolute atomic E-state index is 0.0627. The van der Waals surface area contributed by atoms with Gasteiger partial charge >= 0.3 is 6.18 Å². The van der Waals surface area contributed by atoms with Crippen molar-refractivity contribution in [2.75, 3.05) is 13.1 Å². The molecular weight excluding hydrogens is 333 g/mol. The number of carbonyl (C=O) groups excluding carboxylic acids is 1. The summed E-state index contributed by atoms with van der Waals surface area (Å²) in [5.74, 6) is -0.127. The number of halogens is 4. The first-order valence-electron chi connectivity index (χ1n) is 7.57. The van der Waals surface area contributed by atoms with E-state index in [1.54, 1.807) is 0 Å². The predicted octanol–water partition coefficient (Wildman–Crippen LogP) is 2.34. The number of aromatic nitrogens is 2. The van der Waals surface area contributed by atoms with Crippen LogP contribution in [0.15, 0.2) is 0 Å². The van der Waals surface area contributed by atoms with Gasteiger partial charge in [0, 0.05) is 7.05 Å². The van der Waals surface area contributed by atoms with E-state index in [1.165, 1.54) is 7.05 Å². The van der Waals surface area contributed by atoms with Gasteiger partial charge in [-0.1, -0.05) is 11.6 Å². The molecule has 2 fully saturated rings. The number of amides is 1. The number of aryl methyl sites for hydroxylation is 1. The van der Waals surface area contributed by atoms with Crippen LogP contribution >= 0.6 is 11.6 Å². The molecule has 3 heterocycles. The van der Waals surface area contributed by atoms with Crippen LogP contribution in [0.25, 0.3) is 0 Å². The van der Waals surface area contributed by atoms with Gasteiger partial charge in [-0.15, -0.1) is 0 Å². The van der Waals surface area contributed by atoms with Crippen LogP contribution in [0, 0.1) is 0 Å². The summed E-state index contributed by atoms with van der Waals surface area (Å²) in [5, 5.41) is 5.72. The Hall–Kier alpha value is -1.28. The molecule has 0 aromatic carbocycles. The Morgan fingerprint density at radius 2 is 1.96 bits per heavy atom. The molecule has 0 saturated carbocycles. The first-order valence-corrected chi connectivity index (χ1v) is 7.95. The Balaban J connectivity index is 1.74. The summed E-state index contributed by atoms with van der Waals surface area (Å²) in [4.78, 5) is 14.8. The van der Waals surface area contributed by atoms with Gasteiger partial charge in [0.25, 0.3) is 0 Å². The highest BCUT2D eigenvalue weighted by Gasteiger charge is 2.50. The minimum Gasteiger partial charge on any atom is -0.349 e. The van der Waals surface area contributed by atoms with Crippen LogP contribution in [0.5, 0.6) is 0 Å². The maximum atomic E-state index is 12.8. The van der Waals surface area contributed by atoms with Crippen molar-refractivity contribution in [3.05, 3.63) is 16.4 Å². The van der Waals surface area contributed by atoms with Gasteiger partial charge in [0.05, 0.1) is 17.3 Å². The summed E-state index contributed by atoms with van der Waals surface area (Å²) in [6.45, 7) is 1.74. The molecule has 0 unspecified atom stereocenters. The van der Waals surface area contributed by atoms with Crippen LogP contribution < -0.4 is 5.32 Å². The van der Waals surface area contributed by atoms with Crippen molar-refractivity contribution in [1.29, 1.82) is 0 Å². The van der Waals surface area contributed by atoms with Crippen LogP contribution in [0.1, 0.15) is 37.1 Å². The van der Waals surface area contributed by atoms with E-state index < -0.39 is 22.4 Å². The Kier molecular flexibility index (Phi) is 4.08. The third-order valence-electron chi connectivity index (χ3n) is 4.85. The summed E-state index contributed by atoms with van der Waals surface area (Å²) in [6.07, 6.45) is -1.07. The summed E-state index contributed by atoms with van der Waals surface area (Å²) < 4.78 is 39.5. The second-order valence-corrected chi connectivity index (χ2v) is 6.52. The number of nitrogens with one attached hydrogen (secondary N) is 1. The molecule has 0 radical (unpaired) electrons. The third kappa shape index (κ3) is 2.71. The number of alkyl halides is 3. The maximum Gasteiger partial charge on any atom is 0.436 e. The van der Waals surface area contributed by atoms with Crippen LogP contribution in [0.4, 0.5) is 13.2 Å². The van der Waals surface area contributed by atoms with Crippen molar-refractivity contribution >= 4 is 17.5 Å². The molecule has 1 amide bonds. The minimum atomic E-state index is -4.61. The SMILES string of the molecule is Cn1nc(C(F)(F)F)c(Cl)c1CNC(=O)C12CCCN1CCC2. The monoisotopic (exact) mass is 350 g/mol. The number of hydrogen-bond acceptors (Lipinski definition) is 3. The first-order chi connectivity index (χ1) is 10.8. The third-order valence-corrected chi connectivity index (χ3v) is 5.25. The van der Waals surface area contributed by atoms with Crippen LogP contribution in [-0.2, 0) is 24.6 Å². The molecule has 5 nitrogen and oxygen atoms in total. The van der Waals surface area contributed by atoms with Crippen LogP contribution in [0.3, 0.4) is 0 Å². The predicted molar refractivity (Wildman–Crippen MR) is 77.8 cm³/mol. The number of nitrogens with zero attached hydrogens (tertiary/aromatic N) is 3. The molecule has 0 atom stereocenters. The lowest BCUT2D eigenvalue weighted by atomic mass is 9.93. The summed E-state index contributed by atoms with van der Waals surface area (Å²) in [6, 6.07) is 0. The highest BCUT2D eigenvalue weighted by molar-refractivity contribution is 6.32. The van der Waals surface area contributed by atoms with Crippen molar-refractivity contribution in [2.45, 2.75) is 43.9 Å². The van der Waals surface area contributed by atoms with Crippen molar-refractivity contribution < 1.29 is 18.0 Å². The average molecular weight is 351 g/mol. The van der Waals surface area contributed by atoms with Gasteiger partial charge in [-0.05, 0) is 38.8 Å². The maximum absolute atomic E-state index is 12.8. The standard InChI is InChI=1S/C14H18ClF3N4O/c1-21-9(10(15)11(20-21)14(16,17)18)8-19-12(23)13-4-2-6-22(13)7-3-5-13/h2-8H2,1H3,(H,19,23). The van der Waals surface area contributed by atoms with E-state index in [0.29, 0.717) is 0 Å². The number of carbonyl (C=O) groups is 1. The lowest BCUT2D eigenvalue weighted by Crippen LogP contribution is -2.51. The quantitative estimate of drug-likeness (QED) is 0.910. The topological polar surface area (TPSA) is 50.2 Å². The van der Waals surface area contributed by atoms with Crippen molar-refractivity contribution in [3.63, 3.8) is 0 Å². The van der Waals surface area contributed by atoms with E-state index in [-0.39, 0.29) is 18.1 Å². The molecule has 2 aliphatic heterocycles. The molecule has 128 valence electrons. The van der Waals surface area contributed by atoms with E-state index in [2.05, 4.69) is 15.3 Å². The largest absolute Gasteiger partial charge is 0.436 e. The number of rotatable bonds is 3.